The van der Waals surface area contributed by atoms with Crippen LogP contribution < -0.4 is 10.6 Å². The van der Waals surface area contributed by atoms with Crippen molar-refractivity contribution in [2.24, 2.45) is 0 Å². The Hall–Kier alpha value is -1.59. The standard InChI is InChI=1S/C16H24ClN3O2/c1-11-8-12(17)6-7-13(11)18-14(21)9-20(5)10-15(22)19-16(2,3)4/h6-8H,9-10H2,1-5H3,(H,18,21)(H,19,22). The van der Waals surface area contributed by atoms with Gasteiger partial charge in [0.15, 0.2) is 0 Å². The molecule has 22 heavy (non-hydrogen) atoms. The molecule has 5 nitrogen and oxygen atoms in total. The predicted molar refractivity (Wildman–Crippen MR) is 90.2 cm³/mol. The lowest BCUT2D eigenvalue weighted by Gasteiger charge is -2.23. The van der Waals surface area contributed by atoms with E-state index in [1.165, 1.54) is 0 Å². The Morgan fingerprint density at radius 2 is 1.77 bits per heavy atom. The van der Waals surface area contributed by atoms with Crippen molar-refractivity contribution in [2.45, 2.75) is 33.2 Å². The Morgan fingerprint density at radius 1 is 1.18 bits per heavy atom. The number of rotatable bonds is 5. The van der Waals surface area contributed by atoms with Crippen molar-refractivity contribution in [1.82, 2.24) is 10.2 Å². The number of nitrogens with one attached hydrogen (secondary N) is 2. The zero-order valence-electron chi connectivity index (χ0n) is 13.8. The Balaban J connectivity index is 2.49. The maximum Gasteiger partial charge on any atom is 0.238 e. The molecule has 0 spiro atoms. The third-order valence-electron chi connectivity index (χ3n) is 2.80. The Kier molecular flexibility index (Phi) is 6.38. The fourth-order valence-corrected chi connectivity index (χ4v) is 2.19. The van der Waals surface area contributed by atoms with Gasteiger partial charge in [0.25, 0.3) is 0 Å². The number of nitrogens with zero attached hydrogens (tertiary/aromatic N) is 1. The van der Waals surface area contributed by atoms with Crippen LogP contribution in [-0.4, -0.2) is 42.4 Å². The van der Waals surface area contributed by atoms with E-state index in [1.54, 1.807) is 30.1 Å². The summed E-state index contributed by atoms with van der Waals surface area (Å²) < 4.78 is 0. The quantitative estimate of drug-likeness (QED) is 0.874. The van der Waals surface area contributed by atoms with Gasteiger partial charge in [0.1, 0.15) is 0 Å². The van der Waals surface area contributed by atoms with Gasteiger partial charge in [-0.3, -0.25) is 14.5 Å². The van der Waals surface area contributed by atoms with E-state index in [9.17, 15) is 9.59 Å². The average molecular weight is 326 g/mol. The number of hydrogen-bond acceptors (Lipinski definition) is 3. The van der Waals surface area contributed by atoms with Gasteiger partial charge >= 0.3 is 0 Å². The zero-order valence-corrected chi connectivity index (χ0v) is 14.5. The van der Waals surface area contributed by atoms with Crippen LogP contribution in [0.25, 0.3) is 0 Å². The third-order valence-corrected chi connectivity index (χ3v) is 3.04. The van der Waals surface area contributed by atoms with Crippen LogP contribution >= 0.6 is 11.6 Å². The van der Waals surface area contributed by atoms with Crippen molar-refractivity contribution in [3.8, 4) is 0 Å². The number of carbonyl (C=O) groups excluding carboxylic acids is 2. The van der Waals surface area contributed by atoms with Crippen LogP contribution in [0.4, 0.5) is 5.69 Å². The fraction of sp³-hybridized carbons (Fsp3) is 0.500. The molecular formula is C16H24ClN3O2. The van der Waals surface area contributed by atoms with E-state index in [1.807, 2.05) is 27.7 Å². The molecule has 0 unspecified atom stereocenters. The summed E-state index contributed by atoms with van der Waals surface area (Å²) >= 11 is 5.88. The van der Waals surface area contributed by atoms with Gasteiger partial charge in [-0.05, 0) is 58.5 Å². The van der Waals surface area contributed by atoms with Crippen molar-refractivity contribution in [3.63, 3.8) is 0 Å². The van der Waals surface area contributed by atoms with Crippen LogP contribution in [-0.2, 0) is 9.59 Å². The van der Waals surface area contributed by atoms with Crippen LogP contribution in [0.3, 0.4) is 0 Å². The lowest BCUT2D eigenvalue weighted by molar-refractivity contribution is -0.124. The van der Waals surface area contributed by atoms with E-state index < -0.39 is 0 Å². The monoisotopic (exact) mass is 325 g/mol. The summed E-state index contributed by atoms with van der Waals surface area (Å²) in [5.74, 6) is -0.276. The van der Waals surface area contributed by atoms with Gasteiger partial charge in [0.2, 0.25) is 11.8 Å². The number of halogens is 1. The lowest BCUT2D eigenvalue weighted by atomic mass is 10.1. The molecule has 0 atom stereocenters. The summed E-state index contributed by atoms with van der Waals surface area (Å²) in [6, 6.07) is 5.28. The Bertz CT molecular complexity index is 553. The molecule has 0 aliphatic heterocycles. The first-order valence-corrected chi connectivity index (χ1v) is 7.50. The number of hydrogen-bond donors (Lipinski definition) is 2. The minimum Gasteiger partial charge on any atom is -0.350 e. The van der Waals surface area contributed by atoms with Crippen LogP contribution in [0.5, 0.6) is 0 Å². The second kappa shape index (κ2) is 7.61. The molecule has 1 aromatic rings. The largest absolute Gasteiger partial charge is 0.350 e. The molecule has 0 aliphatic carbocycles. The first-order chi connectivity index (χ1) is 10.1. The molecule has 0 bridgehead atoms. The predicted octanol–water partition coefficient (Wildman–Crippen LogP) is 2.43. The molecule has 0 aromatic heterocycles. The number of benzene rings is 1. The average Bonchev–Trinajstić information content (AvgIpc) is 2.29. The molecule has 0 saturated carbocycles. The summed E-state index contributed by atoms with van der Waals surface area (Å²) in [5, 5.41) is 6.31. The van der Waals surface area contributed by atoms with E-state index >= 15 is 0 Å². The molecule has 1 aromatic carbocycles. The minimum atomic E-state index is -0.277. The normalized spacial score (nSPS) is 11.4. The van der Waals surface area contributed by atoms with E-state index in [2.05, 4.69) is 10.6 Å². The van der Waals surface area contributed by atoms with E-state index in [0.717, 1.165) is 11.3 Å². The number of anilines is 1. The molecule has 0 aliphatic rings. The highest BCUT2D eigenvalue weighted by molar-refractivity contribution is 6.30. The van der Waals surface area contributed by atoms with Crippen molar-refractivity contribution >= 4 is 29.1 Å². The van der Waals surface area contributed by atoms with Gasteiger partial charge in [-0.1, -0.05) is 11.6 Å². The van der Waals surface area contributed by atoms with E-state index in [-0.39, 0.29) is 30.4 Å². The molecule has 2 N–H and O–H groups in total. The van der Waals surface area contributed by atoms with Crippen LogP contribution in [0, 0.1) is 6.92 Å². The molecule has 2 amide bonds. The fourth-order valence-electron chi connectivity index (χ4n) is 1.96. The summed E-state index contributed by atoms with van der Waals surface area (Å²) in [7, 11) is 1.73. The summed E-state index contributed by atoms with van der Waals surface area (Å²) in [5.41, 5.74) is 1.34. The number of likely N-dealkylation sites (N-methyl/N-ethyl adjacent to an activating group) is 1. The first-order valence-electron chi connectivity index (χ1n) is 7.12. The highest BCUT2D eigenvalue weighted by Gasteiger charge is 2.16. The summed E-state index contributed by atoms with van der Waals surface area (Å²) in [6.07, 6.45) is 0. The van der Waals surface area contributed by atoms with Gasteiger partial charge < -0.3 is 10.6 Å². The van der Waals surface area contributed by atoms with E-state index in [4.69, 9.17) is 11.6 Å². The zero-order chi connectivity index (χ0) is 16.9. The van der Waals surface area contributed by atoms with Crippen LogP contribution in [0.15, 0.2) is 18.2 Å². The Morgan fingerprint density at radius 3 is 2.32 bits per heavy atom. The number of aryl methyl sites for hydroxylation is 1. The third kappa shape index (κ3) is 6.91. The SMILES string of the molecule is Cc1cc(Cl)ccc1NC(=O)CN(C)CC(=O)NC(C)(C)C. The lowest BCUT2D eigenvalue weighted by Crippen LogP contribution is -2.46. The van der Waals surface area contributed by atoms with Crippen molar-refractivity contribution in [1.29, 1.82) is 0 Å². The highest BCUT2D eigenvalue weighted by atomic mass is 35.5. The van der Waals surface area contributed by atoms with Crippen LogP contribution in [0.2, 0.25) is 5.02 Å². The van der Waals surface area contributed by atoms with Crippen molar-refractivity contribution < 1.29 is 9.59 Å². The first kappa shape index (κ1) is 18.5. The smallest absolute Gasteiger partial charge is 0.238 e. The molecule has 122 valence electrons. The van der Waals surface area contributed by atoms with Crippen molar-refractivity contribution in [2.75, 3.05) is 25.5 Å². The molecular weight excluding hydrogens is 302 g/mol. The van der Waals surface area contributed by atoms with Gasteiger partial charge in [-0.15, -0.1) is 0 Å². The summed E-state index contributed by atoms with van der Waals surface area (Å²) in [4.78, 5) is 25.5. The maximum atomic E-state index is 12.0. The number of amides is 2. The Labute approximate surface area is 137 Å². The second-order valence-corrected chi connectivity index (χ2v) is 6.91. The molecule has 0 radical (unpaired) electrons. The molecule has 1 rings (SSSR count). The number of carbonyl (C=O) groups is 2. The van der Waals surface area contributed by atoms with Gasteiger partial charge in [-0.2, -0.15) is 0 Å². The van der Waals surface area contributed by atoms with Gasteiger partial charge in [-0.25, -0.2) is 0 Å². The minimum absolute atomic E-state index is 0.106. The summed E-state index contributed by atoms with van der Waals surface area (Å²) in [6.45, 7) is 7.94. The van der Waals surface area contributed by atoms with E-state index in [0.29, 0.717) is 5.02 Å². The van der Waals surface area contributed by atoms with Crippen molar-refractivity contribution in [3.05, 3.63) is 28.8 Å². The molecule has 0 heterocycles. The highest BCUT2D eigenvalue weighted by Crippen LogP contribution is 2.19. The van der Waals surface area contributed by atoms with Gasteiger partial charge in [0, 0.05) is 16.2 Å². The maximum absolute atomic E-state index is 12.0. The second-order valence-electron chi connectivity index (χ2n) is 6.48. The van der Waals surface area contributed by atoms with Gasteiger partial charge in [0.05, 0.1) is 13.1 Å². The van der Waals surface area contributed by atoms with Crippen LogP contribution in [0.1, 0.15) is 26.3 Å². The molecule has 0 saturated heterocycles. The topological polar surface area (TPSA) is 61.4 Å². The molecule has 6 heteroatoms. The molecule has 0 fully saturated rings.